The summed E-state index contributed by atoms with van der Waals surface area (Å²) >= 11 is 3.30. The van der Waals surface area contributed by atoms with Crippen LogP contribution in [-0.2, 0) is 9.59 Å². The Morgan fingerprint density at radius 3 is 2.58 bits per heavy atom. The second-order valence-electron chi connectivity index (χ2n) is 6.45. The van der Waals surface area contributed by atoms with Crippen LogP contribution in [-0.4, -0.2) is 29.4 Å². The van der Waals surface area contributed by atoms with Crippen LogP contribution in [0.3, 0.4) is 0 Å². The van der Waals surface area contributed by atoms with Gasteiger partial charge in [0, 0.05) is 5.69 Å². The first-order valence-corrected chi connectivity index (χ1v) is 9.07. The average molecular weight is 418 g/mol. The number of ether oxygens (including phenoxy) is 1. The number of hydrogen-bond donors (Lipinski definition) is 1. The maximum atomic E-state index is 12.9. The lowest BCUT2D eigenvalue weighted by atomic mass is 10.0. The quantitative estimate of drug-likeness (QED) is 0.775. The van der Waals surface area contributed by atoms with Crippen LogP contribution in [0.2, 0.25) is 0 Å². The van der Waals surface area contributed by atoms with Gasteiger partial charge >= 0.3 is 0 Å². The molecular weight excluding hydrogens is 398 g/mol. The number of aromatic nitrogens is 1. The Morgan fingerprint density at radius 2 is 1.92 bits per heavy atom. The summed E-state index contributed by atoms with van der Waals surface area (Å²) in [4.78, 5) is 31.0. The maximum Gasteiger partial charge on any atom is 0.266 e. The molecule has 0 saturated carbocycles. The highest BCUT2D eigenvalue weighted by Crippen LogP contribution is 2.33. The van der Waals surface area contributed by atoms with Gasteiger partial charge in [-0.3, -0.25) is 14.5 Å². The SMILES string of the molecule is Cc1cc(C)c(NC(=O)C(C)N2C(=O)COc3ccc(Br)nc32)c(C)c1. The largest absolute Gasteiger partial charge is 0.480 e. The summed E-state index contributed by atoms with van der Waals surface area (Å²) in [6, 6.07) is 6.76. The predicted molar refractivity (Wildman–Crippen MR) is 104 cm³/mol. The van der Waals surface area contributed by atoms with Crippen molar-refractivity contribution in [1.29, 1.82) is 0 Å². The van der Waals surface area contributed by atoms with Crippen molar-refractivity contribution in [2.75, 3.05) is 16.8 Å². The van der Waals surface area contributed by atoms with Crippen LogP contribution < -0.4 is 15.0 Å². The van der Waals surface area contributed by atoms with E-state index in [-0.39, 0.29) is 18.4 Å². The van der Waals surface area contributed by atoms with E-state index >= 15 is 0 Å². The van der Waals surface area contributed by atoms with E-state index in [0.29, 0.717) is 16.2 Å². The first kappa shape index (κ1) is 18.4. The van der Waals surface area contributed by atoms with Gasteiger partial charge in [-0.1, -0.05) is 17.7 Å². The third-order valence-corrected chi connectivity index (χ3v) is 4.79. The third kappa shape index (κ3) is 3.44. The van der Waals surface area contributed by atoms with Crippen molar-refractivity contribution in [3.63, 3.8) is 0 Å². The van der Waals surface area contributed by atoms with Crippen molar-refractivity contribution >= 4 is 39.2 Å². The number of nitrogens with zero attached hydrogens (tertiary/aromatic N) is 2. The molecule has 3 rings (SSSR count). The fourth-order valence-corrected chi connectivity index (χ4v) is 3.45. The van der Waals surface area contributed by atoms with Gasteiger partial charge in [-0.05, 0) is 66.9 Å². The Balaban J connectivity index is 1.90. The number of rotatable bonds is 3. The van der Waals surface area contributed by atoms with Gasteiger partial charge < -0.3 is 10.1 Å². The normalized spacial score (nSPS) is 14.5. The zero-order valence-corrected chi connectivity index (χ0v) is 16.7. The van der Waals surface area contributed by atoms with Gasteiger partial charge in [-0.25, -0.2) is 4.98 Å². The van der Waals surface area contributed by atoms with E-state index in [1.165, 1.54) is 4.90 Å². The highest BCUT2D eigenvalue weighted by molar-refractivity contribution is 9.10. The zero-order valence-electron chi connectivity index (χ0n) is 15.1. The number of carbonyl (C=O) groups excluding carboxylic acids is 2. The second-order valence-corrected chi connectivity index (χ2v) is 7.26. The van der Waals surface area contributed by atoms with Crippen molar-refractivity contribution in [2.24, 2.45) is 0 Å². The van der Waals surface area contributed by atoms with Crippen LogP contribution >= 0.6 is 15.9 Å². The molecule has 1 aliphatic heterocycles. The summed E-state index contributed by atoms with van der Waals surface area (Å²) in [6.45, 7) is 7.49. The number of hydrogen-bond acceptors (Lipinski definition) is 4. The average Bonchev–Trinajstić information content (AvgIpc) is 2.57. The molecule has 1 N–H and O–H groups in total. The second kappa shape index (κ2) is 7.07. The van der Waals surface area contributed by atoms with Crippen molar-refractivity contribution in [3.05, 3.63) is 45.6 Å². The lowest BCUT2D eigenvalue weighted by molar-refractivity contribution is -0.125. The molecule has 2 amide bonds. The molecule has 0 radical (unpaired) electrons. The van der Waals surface area contributed by atoms with Crippen LogP contribution in [0.25, 0.3) is 0 Å². The zero-order chi connectivity index (χ0) is 19.0. The summed E-state index contributed by atoms with van der Waals surface area (Å²) in [5.41, 5.74) is 3.88. The first-order chi connectivity index (χ1) is 12.3. The number of carbonyl (C=O) groups is 2. The van der Waals surface area contributed by atoms with Gasteiger partial charge in [0.05, 0.1) is 0 Å². The fourth-order valence-electron chi connectivity index (χ4n) is 3.15. The number of fused-ring (bicyclic) bond motifs is 1. The number of benzene rings is 1. The minimum absolute atomic E-state index is 0.115. The van der Waals surface area contributed by atoms with Crippen molar-refractivity contribution in [1.82, 2.24) is 4.98 Å². The molecule has 1 aromatic heterocycles. The van der Waals surface area contributed by atoms with E-state index in [0.717, 1.165) is 22.4 Å². The van der Waals surface area contributed by atoms with Crippen molar-refractivity contribution in [2.45, 2.75) is 33.7 Å². The molecule has 0 saturated heterocycles. The van der Waals surface area contributed by atoms with Crippen LogP contribution in [0.15, 0.2) is 28.9 Å². The Labute approximate surface area is 160 Å². The van der Waals surface area contributed by atoms with Gasteiger partial charge in [-0.15, -0.1) is 0 Å². The summed E-state index contributed by atoms with van der Waals surface area (Å²) in [6.07, 6.45) is 0. The minimum Gasteiger partial charge on any atom is -0.480 e. The van der Waals surface area contributed by atoms with Crippen LogP contribution in [0.1, 0.15) is 23.6 Å². The van der Waals surface area contributed by atoms with E-state index in [4.69, 9.17) is 4.74 Å². The molecule has 0 bridgehead atoms. The molecule has 0 fully saturated rings. The minimum atomic E-state index is -0.730. The number of aryl methyl sites for hydroxylation is 3. The highest BCUT2D eigenvalue weighted by atomic mass is 79.9. The van der Waals surface area contributed by atoms with Gasteiger partial charge in [0.2, 0.25) is 5.91 Å². The lowest BCUT2D eigenvalue weighted by Crippen LogP contribution is -2.50. The molecule has 0 aliphatic carbocycles. The van der Waals surface area contributed by atoms with E-state index < -0.39 is 6.04 Å². The Kier molecular flexibility index (Phi) is 5.00. The predicted octanol–water partition coefficient (Wildman–Crippen LogP) is 3.52. The van der Waals surface area contributed by atoms with E-state index in [9.17, 15) is 9.59 Å². The number of nitrogens with one attached hydrogen (secondary N) is 1. The number of amides is 2. The molecule has 2 aromatic rings. The summed E-state index contributed by atoms with van der Waals surface area (Å²) < 4.78 is 5.98. The molecule has 26 heavy (non-hydrogen) atoms. The summed E-state index contributed by atoms with van der Waals surface area (Å²) in [7, 11) is 0. The van der Waals surface area contributed by atoms with E-state index in [1.807, 2.05) is 32.9 Å². The van der Waals surface area contributed by atoms with Crippen LogP contribution in [0.4, 0.5) is 11.5 Å². The number of pyridine rings is 1. The molecule has 0 spiro atoms. The Hall–Kier alpha value is -2.41. The Morgan fingerprint density at radius 1 is 1.27 bits per heavy atom. The topological polar surface area (TPSA) is 71.5 Å². The lowest BCUT2D eigenvalue weighted by Gasteiger charge is -2.32. The highest BCUT2D eigenvalue weighted by Gasteiger charge is 2.34. The van der Waals surface area contributed by atoms with Crippen LogP contribution in [0.5, 0.6) is 5.75 Å². The monoisotopic (exact) mass is 417 g/mol. The van der Waals surface area contributed by atoms with Crippen LogP contribution in [0, 0.1) is 20.8 Å². The summed E-state index contributed by atoms with van der Waals surface area (Å²) in [5.74, 6) is 0.247. The molecule has 136 valence electrons. The molecule has 1 atom stereocenters. The summed E-state index contributed by atoms with van der Waals surface area (Å²) in [5, 5.41) is 2.96. The number of halogens is 1. The van der Waals surface area contributed by atoms with E-state index in [2.05, 4.69) is 26.2 Å². The van der Waals surface area contributed by atoms with Gasteiger partial charge in [0.25, 0.3) is 5.91 Å². The molecule has 2 heterocycles. The molecule has 7 heteroatoms. The van der Waals surface area contributed by atoms with E-state index in [1.54, 1.807) is 19.1 Å². The molecular formula is C19H20BrN3O3. The van der Waals surface area contributed by atoms with Gasteiger partial charge in [-0.2, -0.15) is 0 Å². The van der Waals surface area contributed by atoms with Crippen molar-refractivity contribution < 1.29 is 14.3 Å². The fraction of sp³-hybridized carbons (Fsp3) is 0.316. The molecule has 1 aromatic carbocycles. The molecule has 1 aliphatic rings. The van der Waals surface area contributed by atoms with Gasteiger partial charge in [0.1, 0.15) is 10.6 Å². The smallest absolute Gasteiger partial charge is 0.266 e. The molecule has 1 unspecified atom stereocenters. The van der Waals surface area contributed by atoms with Gasteiger partial charge in [0.15, 0.2) is 18.2 Å². The standard InChI is InChI=1S/C19H20BrN3O3/c1-10-7-11(2)17(12(3)8-10)22-19(25)13(4)23-16(24)9-26-14-5-6-15(20)21-18(14)23/h5-8,13H,9H2,1-4H3,(H,22,25). The number of anilines is 2. The maximum absolute atomic E-state index is 12.9. The third-order valence-electron chi connectivity index (χ3n) is 4.35. The first-order valence-electron chi connectivity index (χ1n) is 8.28. The molecule has 6 nitrogen and oxygen atoms in total. The Bertz CT molecular complexity index is 875. The van der Waals surface area contributed by atoms with Crippen molar-refractivity contribution in [3.8, 4) is 5.75 Å².